The molecular formula is C31H29N5O5. The Morgan fingerprint density at radius 3 is 1.71 bits per heavy atom. The largest absolute Gasteiger partial charge is 0.477 e. The fraction of sp³-hybridized carbons (Fsp3) is 0.161. The smallest absolute Gasteiger partial charge is 0.341 e. The molecule has 0 aliphatic carbocycles. The van der Waals surface area contributed by atoms with Crippen molar-refractivity contribution in [2.24, 2.45) is 5.73 Å². The average Bonchev–Trinajstić information content (AvgIpc) is 2.99. The summed E-state index contributed by atoms with van der Waals surface area (Å²) in [7, 11) is 0. The fourth-order valence-electron chi connectivity index (χ4n) is 3.39. The summed E-state index contributed by atoms with van der Waals surface area (Å²) in [6.07, 6.45) is 20.2. The molecule has 0 atom stereocenters. The minimum atomic E-state index is -1.21. The number of terminal acetylenes is 2. The average molecular weight is 552 g/mol. The highest BCUT2D eigenvalue weighted by atomic mass is 16.4. The van der Waals surface area contributed by atoms with E-state index in [1.165, 1.54) is 15.2 Å². The molecule has 4 rings (SSSR count). The second-order valence-electron chi connectivity index (χ2n) is 8.27. The van der Waals surface area contributed by atoms with E-state index in [-0.39, 0.29) is 28.9 Å². The molecule has 0 fully saturated rings. The number of carboxylic acid groups (broad SMARTS) is 1. The van der Waals surface area contributed by atoms with Gasteiger partial charge in [0.05, 0.1) is 25.2 Å². The first-order chi connectivity index (χ1) is 19.8. The molecule has 41 heavy (non-hydrogen) atoms. The summed E-state index contributed by atoms with van der Waals surface area (Å²) < 4.78 is 2.85. The van der Waals surface area contributed by atoms with Gasteiger partial charge in [0.15, 0.2) is 5.78 Å². The third-order valence-corrected chi connectivity index (χ3v) is 5.34. The van der Waals surface area contributed by atoms with Crippen molar-refractivity contribution in [3.63, 3.8) is 0 Å². The van der Waals surface area contributed by atoms with E-state index in [0.29, 0.717) is 26.1 Å². The van der Waals surface area contributed by atoms with Gasteiger partial charge in [0.25, 0.3) is 11.1 Å². The summed E-state index contributed by atoms with van der Waals surface area (Å²) in [5.41, 5.74) is 5.70. The third kappa shape index (κ3) is 10.2. The number of aromatic nitrogens is 4. The Balaban J connectivity index is 0.000000256. The molecule has 0 aromatic carbocycles. The maximum Gasteiger partial charge on any atom is 0.341 e. The van der Waals surface area contributed by atoms with Gasteiger partial charge < -0.3 is 20.0 Å². The molecule has 208 valence electrons. The molecule has 0 saturated heterocycles. The highest BCUT2D eigenvalue weighted by molar-refractivity contribution is 5.95. The Hall–Kier alpha value is -5.58. The molecular weight excluding hydrogens is 522 g/mol. The Labute approximate surface area is 237 Å². The highest BCUT2D eigenvalue weighted by Gasteiger charge is 2.12. The molecule has 3 N–H and O–H groups in total. The fourth-order valence-corrected chi connectivity index (χ4v) is 3.39. The number of pyridine rings is 4. The summed E-state index contributed by atoms with van der Waals surface area (Å²) in [4.78, 5) is 54.7. The van der Waals surface area contributed by atoms with E-state index in [1.807, 2.05) is 18.2 Å². The molecule has 0 saturated carbocycles. The maximum absolute atomic E-state index is 12.2. The summed E-state index contributed by atoms with van der Waals surface area (Å²) >= 11 is 0. The summed E-state index contributed by atoms with van der Waals surface area (Å²) in [6.45, 7) is 1.05. The third-order valence-electron chi connectivity index (χ3n) is 5.34. The van der Waals surface area contributed by atoms with Gasteiger partial charge >= 0.3 is 5.97 Å². The number of carbonyl (C=O) groups excluding carboxylic acids is 1. The van der Waals surface area contributed by atoms with Gasteiger partial charge in [-0.15, -0.1) is 18.8 Å². The van der Waals surface area contributed by atoms with Crippen molar-refractivity contribution in [1.82, 2.24) is 19.1 Å². The van der Waals surface area contributed by atoms with E-state index in [9.17, 15) is 19.2 Å². The minimum absolute atomic E-state index is 0.187. The van der Waals surface area contributed by atoms with Crippen molar-refractivity contribution in [2.45, 2.75) is 25.9 Å². The van der Waals surface area contributed by atoms with Gasteiger partial charge in [-0.3, -0.25) is 24.4 Å². The van der Waals surface area contributed by atoms with Gasteiger partial charge in [-0.05, 0) is 47.5 Å². The Bertz CT molecular complexity index is 1630. The van der Waals surface area contributed by atoms with E-state index in [1.54, 1.807) is 61.4 Å². The number of Topliss-reactive ketones (excluding diaryl/α,β-unsaturated/α-hetero) is 1. The van der Waals surface area contributed by atoms with Crippen molar-refractivity contribution >= 4 is 11.8 Å². The molecule has 4 heterocycles. The van der Waals surface area contributed by atoms with Crippen LogP contribution in [0.4, 0.5) is 0 Å². The zero-order valence-electron chi connectivity index (χ0n) is 22.2. The molecule has 0 unspecified atom stereocenters. The Morgan fingerprint density at radius 1 is 0.805 bits per heavy atom. The lowest BCUT2D eigenvalue weighted by atomic mass is 10.1. The lowest BCUT2D eigenvalue weighted by Gasteiger charge is -2.07. The van der Waals surface area contributed by atoms with Gasteiger partial charge in [0.2, 0.25) is 0 Å². The minimum Gasteiger partial charge on any atom is -0.477 e. The van der Waals surface area contributed by atoms with Crippen LogP contribution in [-0.4, -0.2) is 42.5 Å². The van der Waals surface area contributed by atoms with Crippen LogP contribution >= 0.6 is 0 Å². The number of nitrogens with two attached hydrogens (primary N) is 1. The molecule has 0 amide bonds. The molecule has 10 nitrogen and oxygen atoms in total. The van der Waals surface area contributed by atoms with Crippen LogP contribution in [-0.2, 0) is 13.1 Å². The van der Waals surface area contributed by atoms with E-state index in [4.69, 9.17) is 17.3 Å². The number of carbonyl (C=O) groups is 2. The van der Waals surface area contributed by atoms with Gasteiger partial charge in [-0.25, -0.2) is 4.79 Å². The molecule has 0 radical (unpaired) electrons. The van der Waals surface area contributed by atoms with Crippen LogP contribution in [0.3, 0.4) is 0 Å². The molecule has 0 spiro atoms. The number of nitrogens with zero attached hydrogens (tertiary/aromatic N) is 4. The van der Waals surface area contributed by atoms with Crippen LogP contribution in [0.1, 0.15) is 44.7 Å². The lowest BCUT2D eigenvalue weighted by molar-refractivity contribution is 0.0694. The van der Waals surface area contributed by atoms with E-state index in [2.05, 4.69) is 28.2 Å². The monoisotopic (exact) mass is 551 g/mol. The zero-order chi connectivity index (χ0) is 30.0. The van der Waals surface area contributed by atoms with Crippen LogP contribution in [0, 0.1) is 24.7 Å². The van der Waals surface area contributed by atoms with E-state index in [0.717, 1.165) is 11.1 Å². The SMILES string of the molecule is C#CCCC(=O)c1cccn(Cc2cccnc2)c1=O.C#CCN.O=C(O)c1cccn(Cc2cccnc2)c1=O. The second kappa shape index (κ2) is 17.1. The van der Waals surface area contributed by atoms with Crippen molar-refractivity contribution in [3.05, 3.63) is 129 Å². The Morgan fingerprint density at radius 2 is 1.29 bits per heavy atom. The van der Waals surface area contributed by atoms with Gasteiger partial charge in [-0.2, -0.15) is 0 Å². The first kappa shape index (κ1) is 31.6. The van der Waals surface area contributed by atoms with E-state index >= 15 is 0 Å². The predicted molar refractivity (Wildman–Crippen MR) is 155 cm³/mol. The highest BCUT2D eigenvalue weighted by Crippen LogP contribution is 2.03. The quantitative estimate of drug-likeness (QED) is 0.250. The zero-order valence-corrected chi connectivity index (χ0v) is 22.2. The van der Waals surface area contributed by atoms with Gasteiger partial charge in [0, 0.05) is 50.0 Å². The van der Waals surface area contributed by atoms with Crippen LogP contribution in [0.15, 0.2) is 95.3 Å². The number of carboxylic acids is 1. The van der Waals surface area contributed by atoms with E-state index < -0.39 is 11.5 Å². The number of hydrogen-bond acceptors (Lipinski definition) is 7. The molecule has 0 aliphatic heterocycles. The topological polar surface area (TPSA) is 150 Å². The summed E-state index contributed by atoms with van der Waals surface area (Å²) in [6, 6.07) is 13.4. The molecule has 0 aliphatic rings. The predicted octanol–water partition coefficient (Wildman–Crippen LogP) is 2.46. The summed E-state index contributed by atoms with van der Waals surface area (Å²) in [5, 5.41) is 8.83. The number of ketones is 1. The number of rotatable bonds is 8. The second-order valence-corrected chi connectivity index (χ2v) is 8.27. The van der Waals surface area contributed by atoms with Crippen molar-refractivity contribution in [1.29, 1.82) is 0 Å². The first-order valence-corrected chi connectivity index (χ1v) is 12.3. The van der Waals surface area contributed by atoms with Crippen LogP contribution in [0.2, 0.25) is 0 Å². The van der Waals surface area contributed by atoms with Crippen molar-refractivity contribution in [3.8, 4) is 24.7 Å². The normalized spacial score (nSPS) is 9.54. The molecule has 0 bridgehead atoms. The molecule has 4 aromatic heterocycles. The molecule has 4 aromatic rings. The number of aromatic carboxylic acids is 1. The van der Waals surface area contributed by atoms with Crippen molar-refractivity contribution < 1.29 is 14.7 Å². The van der Waals surface area contributed by atoms with Crippen LogP contribution < -0.4 is 16.9 Å². The van der Waals surface area contributed by atoms with Crippen LogP contribution in [0.5, 0.6) is 0 Å². The lowest BCUT2D eigenvalue weighted by Crippen LogP contribution is -2.26. The molecule has 10 heteroatoms. The summed E-state index contributed by atoms with van der Waals surface area (Å²) in [5.74, 6) is 3.19. The Kier molecular flexibility index (Phi) is 13.2. The first-order valence-electron chi connectivity index (χ1n) is 12.3. The van der Waals surface area contributed by atoms with Gasteiger partial charge in [-0.1, -0.05) is 18.1 Å². The maximum atomic E-state index is 12.2. The van der Waals surface area contributed by atoms with Gasteiger partial charge in [0.1, 0.15) is 5.56 Å². The number of hydrogen-bond donors (Lipinski definition) is 2. The van der Waals surface area contributed by atoms with Crippen LogP contribution in [0.25, 0.3) is 0 Å². The standard InChI is InChI=1S/C16H14N2O2.C12H10N2O3.C3H5N/c1-2-3-8-15(19)14-7-5-10-18(16(14)20)12-13-6-4-9-17-11-13;15-11-10(12(16)17)4-2-6-14(11)8-9-3-1-5-13-7-9;1-2-3-4/h1,4-7,9-11H,3,8,12H2;1-7H,8H2,(H,16,17);1H,3-4H2. The van der Waals surface area contributed by atoms with Crippen molar-refractivity contribution in [2.75, 3.05) is 6.54 Å².